The topological polar surface area (TPSA) is 4.93 Å². The number of hydrogen-bond donors (Lipinski definition) is 0. The molecule has 0 unspecified atom stereocenters. The third-order valence-electron chi connectivity index (χ3n) is 20.7. The lowest BCUT2D eigenvalue weighted by atomic mass is 9.86. The Labute approximate surface area is 593 Å². The van der Waals surface area contributed by atoms with Gasteiger partial charge in [-0.1, -0.05) is 297 Å². The molecule has 3 heterocycles. The standard InChI is InChI=1S/C98H61NS2/c1-8-27-62(28-9-1)72-52-83(66-35-16-5-17-36-66)95-87(56-72)89-58-74(64-31-12-3-13-32-64)54-85(97(89)100-95)69-47-49-77-78-50-48-70(86-55-75(65-33-14-4-15-34-65)59-90-88-57-73(63-29-10-2-11-30-63)53-84(96(88)101-98(86)90)67-37-18-6-19-38-67)61-92(78)99(91(77)60-69)76-42-26-41-71(51-76)94-81-45-24-22-43-79(81)93(68-39-20-7-21-40-68)80-44-23-25-46-82(80)94/h1-61H. The van der Waals surface area contributed by atoms with Crippen LogP contribution in [0.2, 0.25) is 0 Å². The summed E-state index contributed by atoms with van der Waals surface area (Å²) in [6.45, 7) is 0. The van der Waals surface area contributed by atoms with Crippen molar-refractivity contribution in [2.75, 3.05) is 0 Å². The first-order valence-electron chi connectivity index (χ1n) is 34.7. The van der Waals surface area contributed by atoms with E-state index in [2.05, 4.69) is 375 Å². The average Bonchev–Trinajstić information content (AvgIpc) is 1.66. The van der Waals surface area contributed by atoms with Crippen LogP contribution in [0.15, 0.2) is 370 Å². The maximum absolute atomic E-state index is 2.58. The van der Waals surface area contributed by atoms with Gasteiger partial charge in [-0.15, -0.1) is 22.7 Å². The molecular weight excluding hydrogens is 1260 g/mol. The third kappa shape index (κ3) is 9.95. The fraction of sp³-hybridized carbons (Fsp3) is 0. The monoisotopic (exact) mass is 1320 g/mol. The Kier molecular flexibility index (Phi) is 14.0. The Hall–Kier alpha value is -12.5. The normalized spacial score (nSPS) is 11.8. The zero-order chi connectivity index (χ0) is 66.5. The molecule has 0 bridgehead atoms. The predicted molar refractivity (Wildman–Crippen MR) is 436 cm³/mol. The van der Waals surface area contributed by atoms with Crippen molar-refractivity contribution in [1.82, 2.24) is 4.57 Å². The van der Waals surface area contributed by atoms with E-state index >= 15 is 0 Å². The first-order chi connectivity index (χ1) is 50.1. The highest BCUT2D eigenvalue weighted by Gasteiger charge is 2.25. The van der Waals surface area contributed by atoms with Crippen molar-refractivity contribution >= 4 is 106 Å². The quantitative estimate of drug-likeness (QED) is 0.114. The highest BCUT2D eigenvalue weighted by Crippen LogP contribution is 2.52. The summed E-state index contributed by atoms with van der Waals surface area (Å²) in [5.41, 5.74) is 27.5. The SMILES string of the molecule is c1ccc(-c2cc(-c3ccccc3)c3sc4c(-c5ccc6c7ccc(-c8cc(-c9ccccc9)cc9c8sc8c(-c%10ccccc%10)cc(-c%10ccccc%10)cc89)cc7n(-c7cccc(-c8c9ccccc9c(-c9ccccc9)c9ccccc89)c7)c6c5)cc(-c5ccccc5)cc4c3c2)cc1. The van der Waals surface area contributed by atoms with Gasteiger partial charge in [0.2, 0.25) is 0 Å². The highest BCUT2D eigenvalue weighted by atomic mass is 32.1. The predicted octanol–water partition coefficient (Wildman–Crippen LogP) is 28.5. The van der Waals surface area contributed by atoms with Gasteiger partial charge < -0.3 is 4.57 Å². The van der Waals surface area contributed by atoms with E-state index in [0.29, 0.717) is 0 Å². The van der Waals surface area contributed by atoms with Gasteiger partial charge in [-0.2, -0.15) is 0 Å². The molecule has 0 N–H and O–H groups in total. The summed E-state index contributed by atoms with van der Waals surface area (Å²) in [4.78, 5) is 0. The number of aromatic nitrogens is 1. The van der Waals surface area contributed by atoms with Crippen molar-refractivity contribution in [2.24, 2.45) is 0 Å². The van der Waals surface area contributed by atoms with Gasteiger partial charge in [-0.05, 0) is 183 Å². The molecule has 0 amide bonds. The highest BCUT2D eigenvalue weighted by molar-refractivity contribution is 7.27. The molecule has 0 saturated carbocycles. The number of rotatable bonds is 11. The molecule has 0 aliphatic rings. The van der Waals surface area contributed by atoms with Crippen LogP contribution in [0.25, 0.3) is 201 Å². The van der Waals surface area contributed by atoms with Crippen LogP contribution in [0.1, 0.15) is 0 Å². The van der Waals surface area contributed by atoms with Gasteiger partial charge in [0.1, 0.15) is 0 Å². The van der Waals surface area contributed by atoms with Crippen LogP contribution in [0, 0.1) is 0 Å². The molecule has 3 heteroatoms. The molecule has 1 nitrogen and oxygen atoms in total. The molecule has 101 heavy (non-hydrogen) atoms. The Balaban J connectivity index is 0.866. The first-order valence-corrected chi connectivity index (χ1v) is 36.3. The van der Waals surface area contributed by atoms with Gasteiger partial charge in [0.15, 0.2) is 0 Å². The molecule has 0 radical (unpaired) electrons. The first kappa shape index (κ1) is 58.6. The lowest BCUT2D eigenvalue weighted by Crippen LogP contribution is -1.96. The van der Waals surface area contributed by atoms with E-state index in [4.69, 9.17) is 0 Å². The van der Waals surface area contributed by atoms with Gasteiger partial charge in [0.05, 0.1) is 11.0 Å². The third-order valence-corrected chi connectivity index (χ3v) is 23.3. The van der Waals surface area contributed by atoms with Gasteiger partial charge in [0.25, 0.3) is 0 Å². The minimum absolute atomic E-state index is 1.09. The smallest absolute Gasteiger partial charge is 0.0547 e. The van der Waals surface area contributed by atoms with Crippen LogP contribution in [0.4, 0.5) is 0 Å². The molecule has 0 spiro atoms. The van der Waals surface area contributed by atoms with Crippen molar-refractivity contribution in [3.8, 4) is 117 Å². The van der Waals surface area contributed by atoms with E-state index in [-0.39, 0.29) is 0 Å². The Morgan fingerprint density at radius 1 is 0.158 bits per heavy atom. The van der Waals surface area contributed by atoms with Gasteiger partial charge in [-0.25, -0.2) is 0 Å². The van der Waals surface area contributed by atoms with E-state index in [1.165, 1.54) is 167 Å². The van der Waals surface area contributed by atoms with Crippen molar-refractivity contribution in [1.29, 1.82) is 0 Å². The van der Waals surface area contributed by atoms with E-state index in [1.807, 2.05) is 22.7 Å². The fourth-order valence-electron chi connectivity index (χ4n) is 16.0. The fourth-order valence-corrected chi connectivity index (χ4v) is 18.7. The van der Waals surface area contributed by atoms with Crippen LogP contribution in [-0.2, 0) is 0 Å². The minimum atomic E-state index is 1.09. The summed E-state index contributed by atoms with van der Waals surface area (Å²) in [6, 6.07) is 138. The van der Waals surface area contributed by atoms with Crippen LogP contribution in [-0.4, -0.2) is 4.57 Å². The largest absolute Gasteiger partial charge is 0.309 e. The zero-order valence-electron chi connectivity index (χ0n) is 55.0. The van der Waals surface area contributed by atoms with E-state index in [1.54, 1.807) is 0 Å². The lowest BCUT2D eigenvalue weighted by molar-refractivity contribution is 1.18. The summed E-state index contributed by atoms with van der Waals surface area (Å²) < 4.78 is 7.68. The van der Waals surface area contributed by atoms with Crippen molar-refractivity contribution in [3.63, 3.8) is 0 Å². The number of fused-ring (bicyclic) bond motifs is 11. The maximum Gasteiger partial charge on any atom is 0.0547 e. The average molecular weight is 1320 g/mol. The number of nitrogens with zero attached hydrogens (tertiary/aromatic N) is 1. The molecular formula is C98H61NS2. The molecule has 0 saturated heterocycles. The Morgan fingerprint density at radius 2 is 0.436 bits per heavy atom. The van der Waals surface area contributed by atoms with E-state index < -0.39 is 0 Å². The van der Waals surface area contributed by atoms with Crippen molar-refractivity contribution < 1.29 is 0 Å². The van der Waals surface area contributed by atoms with Crippen LogP contribution >= 0.6 is 22.7 Å². The summed E-state index contributed by atoms with van der Waals surface area (Å²) in [5.74, 6) is 0. The molecule has 470 valence electrons. The van der Waals surface area contributed by atoms with Crippen molar-refractivity contribution in [3.05, 3.63) is 370 Å². The molecule has 0 fully saturated rings. The summed E-state index contributed by atoms with van der Waals surface area (Å²) >= 11 is 3.84. The molecule has 0 atom stereocenters. The molecule has 20 rings (SSSR count). The summed E-state index contributed by atoms with van der Waals surface area (Å²) in [5, 5.41) is 12.3. The number of thiophene rings is 2. The summed E-state index contributed by atoms with van der Waals surface area (Å²) in [7, 11) is 0. The van der Waals surface area contributed by atoms with E-state index in [9.17, 15) is 0 Å². The number of hydrogen-bond acceptors (Lipinski definition) is 2. The number of benzene rings is 17. The Bertz CT molecular complexity index is 6270. The molecule has 3 aromatic heterocycles. The van der Waals surface area contributed by atoms with Crippen LogP contribution in [0.3, 0.4) is 0 Å². The summed E-state index contributed by atoms with van der Waals surface area (Å²) in [6.07, 6.45) is 0. The second-order valence-electron chi connectivity index (χ2n) is 26.6. The van der Waals surface area contributed by atoms with Crippen LogP contribution < -0.4 is 0 Å². The second kappa shape index (κ2) is 24.2. The zero-order valence-corrected chi connectivity index (χ0v) is 56.6. The Morgan fingerprint density at radius 3 is 0.772 bits per heavy atom. The van der Waals surface area contributed by atoms with Crippen molar-refractivity contribution in [2.45, 2.75) is 0 Å². The minimum Gasteiger partial charge on any atom is -0.309 e. The second-order valence-corrected chi connectivity index (χ2v) is 28.6. The molecule has 17 aromatic carbocycles. The van der Waals surface area contributed by atoms with E-state index in [0.717, 1.165) is 33.4 Å². The maximum atomic E-state index is 2.58. The lowest BCUT2D eigenvalue weighted by Gasteiger charge is -2.18. The molecule has 0 aliphatic carbocycles. The molecule has 20 aromatic rings. The molecule has 0 aliphatic heterocycles. The van der Waals surface area contributed by atoms with Crippen LogP contribution in [0.5, 0.6) is 0 Å². The van der Waals surface area contributed by atoms with Gasteiger partial charge in [-0.3, -0.25) is 0 Å². The van der Waals surface area contributed by atoms with Gasteiger partial charge >= 0.3 is 0 Å². The van der Waals surface area contributed by atoms with Gasteiger partial charge in [0, 0.05) is 79.1 Å².